The Morgan fingerprint density at radius 1 is 1.10 bits per heavy atom. The first kappa shape index (κ1) is 42.8. The maximum Gasteiger partial charge on any atom is 0.302 e. The first-order valence-electron chi connectivity index (χ1n) is 21.0. The fourth-order valence-electron chi connectivity index (χ4n) is 8.68. The Bertz CT molecular complexity index is 2380. The van der Waals surface area contributed by atoms with Gasteiger partial charge in [-0.15, -0.1) is 11.3 Å². The zero-order chi connectivity index (χ0) is 42.6. The van der Waals surface area contributed by atoms with Crippen molar-refractivity contribution in [3.8, 4) is 28.3 Å². The van der Waals surface area contributed by atoms with Crippen molar-refractivity contribution in [2.45, 2.75) is 110 Å². The lowest BCUT2D eigenvalue weighted by Gasteiger charge is -2.34. The van der Waals surface area contributed by atoms with Gasteiger partial charge in [0.2, 0.25) is 12.3 Å². The molecular weight excluding hydrogens is 775 g/mol. The number of nitrogens with one attached hydrogen (secondary N) is 1. The number of esters is 1. The number of methoxy groups -OCH3 is 2. The lowest BCUT2D eigenvalue weighted by atomic mass is 9.84. The highest BCUT2D eigenvalue weighted by Gasteiger charge is 2.58. The highest BCUT2D eigenvalue weighted by Crippen LogP contribution is 2.54. The van der Waals surface area contributed by atoms with Crippen LogP contribution in [0.15, 0.2) is 77.9 Å². The number of allylic oxidation sites excluding steroid dienone is 2. The number of benzene rings is 2. The molecule has 0 aliphatic heterocycles. The molecule has 316 valence electrons. The molecule has 0 radical (unpaired) electrons. The SMILES string of the molecule is CCn1c(-c2cccnc2[C@H](C)OC)c(CC(C)(C)COC(C)=O)c2cc(-c3csc(C4(C(C(=O)NC5=CCCCC5)N(C=O)Cc5ccc(OC)cc5)CC4)n3)ccc21. The van der Waals surface area contributed by atoms with Crippen molar-refractivity contribution in [2.75, 3.05) is 20.8 Å². The summed E-state index contributed by atoms with van der Waals surface area (Å²) in [5, 5.41) is 7.24. The molecule has 0 spiro atoms. The van der Waals surface area contributed by atoms with Gasteiger partial charge in [0.1, 0.15) is 16.8 Å². The predicted molar refractivity (Wildman–Crippen MR) is 235 cm³/mol. The van der Waals surface area contributed by atoms with Gasteiger partial charge in [-0.05, 0) is 106 Å². The number of pyridine rings is 1. The fourth-order valence-corrected chi connectivity index (χ4v) is 9.79. The van der Waals surface area contributed by atoms with Crippen LogP contribution in [0.3, 0.4) is 0 Å². The van der Waals surface area contributed by atoms with E-state index in [0.717, 1.165) is 118 Å². The number of nitrogens with zero attached hydrogens (tertiary/aromatic N) is 4. The Hall–Kier alpha value is -5.33. The molecule has 2 atom stereocenters. The first-order valence-corrected chi connectivity index (χ1v) is 21.9. The minimum atomic E-state index is -0.753. The number of rotatable bonds is 18. The van der Waals surface area contributed by atoms with Crippen molar-refractivity contribution in [1.29, 1.82) is 0 Å². The molecule has 1 saturated carbocycles. The van der Waals surface area contributed by atoms with Gasteiger partial charge in [0.05, 0.1) is 42.3 Å². The van der Waals surface area contributed by atoms with E-state index in [1.54, 1.807) is 36.7 Å². The van der Waals surface area contributed by atoms with E-state index in [4.69, 9.17) is 24.2 Å². The van der Waals surface area contributed by atoms with Gasteiger partial charge in [0.15, 0.2) is 0 Å². The number of thiazole rings is 1. The zero-order valence-electron chi connectivity index (χ0n) is 35.9. The highest BCUT2D eigenvalue weighted by atomic mass is 32.1. The number of aromatic nitrogens is 3. The van der Waals surface area contributed by atoms with Crippen molar-refractivity contribution in [2.24, 2.45) is 5.41 Å². The third-order valence-corrected chi connectivity index (χ3v) is 13.1. The van der Waals surface area contributed by atoms with Crippen LogP contribution >= 0.6 is 11.3 Å². The molecule has 0 saturated heterocycles. The molecular formula is C48H57N5O6S. The van der Waals surface area contributed by atoms with Crippen LogP contribution in [-0.2, 0) is 48.8 Å². The van der Waals surface area contributed by atoms with Crippen LogP contribution in [0.25, 0.3) is 33.4 Å². The molecule has 7 rings (SSSR count). The van der Waals surface area contributed by atoms with Gasteiger partial charge in [-0.2, -0.15) is 0 Å². The molecule has 2 aliphatic carbocycles. The molecule has 60 heavy (non-hydrogen) atoms. The molecule has 2 amide bonds. The Labute approximate surface area is 357 Å². The molecule has 2 aromatic carbocycles. The van der Waals surface area contributed by atoms with Crippen molar-refractivity contribution >= 4 is 40.5 Å². The molecule has 12 heteroatoms. The van der Waals surface area contributed by atoms with E-state index in [0.29, 0.717) is 6.42 Å². The van der Waals surface area contributed by atoms with Crippen LogP contribution < -0.4 is 10.1 Å². The second kappa shape index (κ2) is 18.1. The van der Waals surface area contributed by atoms with Crippen LogP contribution in [0.2, 0.25) is 0 Å². The summed E-state index contributed by atoms with van der Waals surface area (Å²) in [6, 6.07) is 17.4. The number of fused-ring (bicyclic) bond motifs is 1. The predicted octanol–water partition coefficient (Wildman–Crippen LogP) is 9.33. The maximum atomic E-state index is 14.4. The number of carbonyl (C=O) groups is 3. The van der Waals surface area contributed by atoms with Crippen LogP contribution in [0, 0.1) is 5.41 Å². The molecule has 3 heterocycles. The summed E-state index contributed by atoms with van der Waals surface area (Å²) in [4.78, 5) is 51.2. The van der Waals surface area contributed by atoms with Crippen molar-refractivity contribution in [1.82, 2.24) is 24.8 Å². The molecule has 11 nitrogen and oxygen atoms in total. The quantitative estimate of drug-likeness (QED) is 0.0685. The Morgan fingerprint density at radius 3 is 2.53 bits per heavy atom. The first-order chi connectivity index (χ1) is 28.9. The van der Waals surface area contributed by atoms with Crippen molar-refractivity contribution in [3.05, 3.63) is 99.8 Å². The summed E-state index contributed by atoms with van der Waals surface area (Å²) in [7, 11) is 3.32. The van der Waals surface area contributed by atoms with Crippen molar-refractivity contribution < 1.29 is 28.6 Å². The van der Waals surface area contributed by atoms with Crippen LogP contribution in [0.1, 0.15) is 101 Å². The number of amides is 2. The highest BCUT2D eigenvalue weighted by molar-refractivity contribution is 7.10. The standard InChI is InChI=1S/C48H57N5O6S/c1-8-53-41-21-18-34(25-38(41)39(26-47(4,5)29-59-32(3)55)43(53)37-15-12-24-49-42(37)31(2)57-6)40-28-60-46(51-40)48(22-23-48)44(45(56)50-35-13-10-9-11-14-35)52(30-54)27-33-16-19-36(58-7)20-17-33/h12-13,15-21,24-25,28,30-31,44H,8-11,14,22-23,26-27,29H2,1-7H3,(H,50,56)/t31-,44?/m0/s1. The molecule has 3 aromatic heterocycles. The summed E-state index contributed by atoms with van der Waals surface area (Å²) >= 11 is 1.55. The Kier molecular flexibility index (Phi) is 12.9. The number of ether oxygens (including phenoxy) is 3. The molecule has 1 unspecified atom stereocenters. The van der Waals surface area contributed by atoms with E-state index in [9.17, 15) is 14.4 Å². The average molecular weight is 832 g/mol. The van der Waals surface area contributed by atoms with Crippen LogP contribution in [0.4, 0.5) is 0 Å². The monoisotopic (exact) mass is 831 g/mol. The number of carbonyl (C=O) groups excluding carboxylic acids is 3. The molecule has 5 aromatic rings. The van der Waals surface area contributed by atoms with Gasteiger partial charge in [-0.3, -0.25) is 19.4 Å². The molecule has 1 N–H and O–H groups in total. The normalized spacial score (nSPS) is 15.8. The van der Waals surface area contributed by atoms with E-state index in [1.807, 2.05) is 37.3 Å². The average Bonchev–Trinajstić information content (AvgIpc) is 3.77. The minimum Gasteiger partial charge on any atom is -0.497 e. The van der Waals surface area contributed by atoms with Gasteiger partial charge in [-0.1, -0.05) is 38.1 Å². The van der Waals surface area contributed by atoms with Crippen LogP contribution in [0.5, 0.6) is 5.75 Å². The second-order valence-corrected chi connectivity index (χ2v) is 17.8. The third kappa shape index (κ3) is 8.90. The molecule has 2 aliphatic rings. The van der Waals surface area contributed by atoms with Gasteiger partial charge in [0, 0.05) is 71.8 Å². The van der Waals surface area contributed by atoms with E-state index in [-0.39, 0.29) is 36.5 Å². The number of aryl methyl sites for hydroxylation is 1. The minimum absolute atomic E-state index is 0.175. The summed E-state index contributed by atoms with van der Waals surface area (Å²) in [6.45, 7) is 11.1. The summed E-state index contributed by atoms with van der Waals surface area (Å²) < 4.78 is 19.1. The second-order valence-electron chi connectivity index (χ2n) is 16.9. The topological polar surface area (TPSA) is 125 Å². The smallest absolute Gasteiger partial charge is 0.302 e. The zero-order valence-corrected chi connectivity index (χ0v) is 36.7. The third-order valence-electron chi connectivity index (χ3n) is 12.0. The Morgan fingerprint density at radius 2 is 1.88 bits per heavy atom. The maximum absolute atomic E-state index is 14.4. The Balaban J connectivity index is 1.30. The summed E-state index contributed by atoms with van der Waals surface area (Å²) in [5.41, 5.74) is 7.72. The number of hydrogen-bond donors (Lipinski definition) is 1. The van der Waals surface area contributed by atoms with Gasteiger partial charge in [-0.25, -0.2) is 4.98 Å². The van der Waals surface area contributed by atoms with E-state index >= 15 is 0 Å². The lowest BCUT2D eigenvalue weighted by molar-refractivity contribution is -0.144. The van der Waals surface area contributed by atoms with Crippen LogP contribution in [-0.4, -0.2) is 64.6 Å². The lowest BCUT2D eigenvalue weighted by Crippen LogP contribution is -2.52. The van der Waals surface area contributed by atoms with E-state index < -0.39 is 11.5 Å². The fraction of sp³-hybridized carbons (Fsp3) is 0.438. The summed E-state index contributed by atoms with van der Waals surface area (Å²) in [5.74, 6) is 0.247. The van der Waals surface area contributed by atoms with E-state index in [1.165, 1.54) is 6.92 Å². The van der Waals surface area contributed by atoms with E-state index in [2.05, 4.69) is 66.4 Å². The molecule has 1 fully saturated rings. The largest absolute Gasteiger partial charge is 0.497 e. The number of hydrogen-bond acceptors (Lipinski definition) is 9. The van der Waals surface area contributed by atoms with Gasteiger partial charge in [0.25, 0.3) is 0 Å². The van der Waals surface area contributed by atoms with Gasteiger partial charge >= 0.3 is 5.97 Å². The summed E-state index contributed by atoms with van der Waals surface area (Å²) in [6.07, 6.45) is 10.5. The van der Waals surface area contributed by atoms with Gasteiger partial charge < -0.3 is 29.0 Å². The molecule has 0 bridgehead atoms. The van der Waals surface area contributed by atoms with Crippen molar-refractivity contribution in [3.63, 3.8) is 0 Å².